The Labute approximate surface area is 130 Å². The highest BCUT2D eigenvalue weighted by atomic mass is 19.2. The van der Waals surface area contributed by atoms with Crippen LogP contribution in [0.25, 0.3) is 16.5 Å². The molecule has 0 bridgehead atoms. The van der Waals surface area contributed by atoms with Gasteiger partial charge in [0.05, 0.1) is 11.1 Å². The third-order valence-electron chi connectivity index (χ3n) is 3.74. The molecule has 2 aromatic carbocycles. The second-order valence-electron chi connectivity index (χ2n) is 5.33. The molecule has 0 aliphatic heterocycles. The average molecular weight is 317 g/mol. The van der Waals surface area contributed by atoms with E-state index in [2.05, 4.69) is 0 Å². The monoisotopic (exact) mass is 317 g/mol. The average Bonchev–Trinajstić information content (AvgIpc) is 2.51. The molecule has 5 heteroatoms. The number of aryl methyl sites for hydroxylation is 1. The molecule has 0 saturated heterocycles. The van der Waals surface area contributed by atoms with E-state index in [-0.39, 0.29) is 11.1 Å². The van der Waals surface area contributed by atoms with Crippen molar-refractivity contribution in [1.82, 2.24) is 4.57 Å². The fraction of sp³-hybridized carbons (Fsp3) is 0.167. The number of hydrogen-bond acceptors (Lipinski definition) is 1. The Hall–Kier alpha value is -2.56. The van der Waals surface area contributed by atoms with E-state index in [1.165, 1.54) is 22.8 Å². The van der Waals surface area contributed by atoms with Gasteiger partial charge in [-0.05, 0) is 36.1 Å². The van der Waals surface area contributed by atoms with Gasteiger partial charge in [-0.1, -0.05) is 25.5 Å². The zero-order valence-electron chi connectivity index (χ0n) is 12.4. The minimum absolute atomic E-state index is 0.0583. The number of nitrogens with zero attached hydrogens (tertiary/aromatic N) is 1. The number of rotatable bonds is 3. The fourth-order valence-electron chi connectivity index (χ4n) is 2.72. The highest BCUT2D eigenvalue weighted by Gasteiger charge is 2.15. The molecule has 0 saturated carbocycles. The van der Waals surface area contributed by atoms with Crippen LogP contribution >= 0.6 is 0 Å². The van der Waals surface area contributed by atoms with Crippen molar-refractivity contribution in [1.29, 1.82) is 0 Å². The topological polar surface area (TPSA) is 22.0 Å². The summed E-state index contributed by atoms with van der Waals surface area (Å²) in [6.07, 6.45) is 1.31. The molecule has 0 aliphatic carbocycles. The third kappa shape index (κ3) is 2.63. The van der Waals surface area contributed by atoms with Gasteiger partial charge in [-0.15, -0.1) is 0 Å². The van der Waals surface area contributed by atoms with Crippen molar-refractivity contribution >= 4 is 10.8 Å². The molecule has 2 nitrogen and oxygen atoms in total. The lowest BCUT2D eigenvalue weighted by molar-refractivity contribution is 0.507. The standard InChI is InChI=1S/C18H14F3NO/c1-2-4-12-9-11-5-3-6-15(20)17(11)18(23)22(12)13-7-8-14(19)16(21)10-13/h3,5-10H,2,4H2,1H3. The summed E-state index contributed by atoms with van der Waals surface area (Å²) >= 11 is 0. The normalized spacial score (nSPS) is 11.1. The zero-order valence-corrected chi connectivity index (χ0v) is 12.4. The SMILES string of the molecule is CCCc1cc2cccc(F)c2c(=O)n1-c1ccc(F)c(F)c1. The lowest BCUT2D eigenvalue weighted by Crippen LogP contribution is -2.23. The number of benzene rings is 2. The van der Waals surface area contributed by atoms with Gasteiger partial charge in [-0.2, -0.15) is 0 Å². The first-order chi connectivity index (χ1) is 11.0. The van der Waals surface area contributed by atoms with Crippen molar-refractivity contribution in [2.75, 3.05) is 0 Å². The summed E-state index contributed by atoms with van der Waals surface area (Å²) in [4.78, 5) is 12.7. The van der Waals surface area contributed by atoms with E-state index in [9.17, 15) is 18.0 Å². The Kier molecular flexibility index (Phi) is 3.94. The maximum Gasteiger partial charge on any atom is 0.266 e. The summed E-state index contributed by atoms with van der Waals surface area (Å²) in [5, 5.41) is 0.439. The van der Waals surface area contributed by atoms with Gasteiger partial charge in [0, 0.05) is 11.8 Å². The maximum absolute atomic E-state index is 14.1. The third-order valence-corrected chi connectivity index (χ3v) is 3.74. The Balaban J connectivity index is 2.39. The van der Waals surface area contributed by atoms with Crippen LogP contribution in [-0.4, -0.2) is 4.57 Å². The van der Waals surface area contributed by atoms with Crippen LogP contribution in [0.4, 0.5) is 13.2 Å². The van der Waals surface area contributed by atoms with Gasteiger partial charge in [-0.3, -0.25) is 9.36 Å². The van der Waals surface area contributed by atoms with Crippen molar-refractivity contribution in [3.8, 4) is 5.69 Å². The van der Waals surface area contributed by atoms with Gasteiger partial charge in [0.2, 0.25) is 0 Å². The molecule has 1 aromatic heterocycles. The van der Waals surface area contributed by atoms with Crippen molar-refractivity contribution in [2.24, 2.45) is 0 Å². The first-order valence-electron chi connectivity index (χ1n) is 7.31. The van der Waals surface area contributed by atoms with Gasteiger partial charge < -0.3 is 0 Å². The number of pyridine rings is 1. The summed E-state index contributed by atoms with van der Waals surface area (Å²) in [5.74, 6) is -2.68. The first kappa shape index (κ1) is 15.3. The van der Waals surface area contributed by atoms with Gasteiger partial charge in [0.1, 0.15) is 5.82 Å². The highest BCUT2D eigenvalue weighted by Crippen LogP contribution is 2.20. The van der Waals surface area contributed by atoms with E-state index in [1.54, 1.807) is 12.1 Å². The molecule has 0 spiro atoms. The van der Waals surface area contributed by atoms with E-state index in [0.717, 1.165) is 18.6 Å². The molecule has 23 heavy (non-hydrogen) atoms. The molecule has 0 unspecified atom stereocenters. The molecule has 0 amide bonds. The van der Waals surface area contributed by atoms with Crippen molar-refractivity contribution < 1.29 is 13.2 Å². The fourth-order valence-corrected chi connectivity index (χ4v) is 2.72. The second kappa shape index (κ2) is 5.91. The molecule has 118 valence electrons. The van der Waals surface area contributed by atoms with E-state index in [0.29, 0.717) is 17.5 Å². The molecule has 0 radical (unpaired) electrons. The molecular weight excluding hydrogens is 303 g/mol. The summed E-state index contributed by atoms with van der Waals surface area (Å²) in [6.45, 7) is 1.94. The number of halogens is 3. The smallest absolute Gasteiger partial charge is 0.266 e. The predicted octanol–water partition coefficient (Wildman–Crippen LogP) is 4.36. The Morgan fingerprint density at radius 3 is 2.43 bits per heavy atom. The van der Waals surface area contributed by atoms with E-state index in [1.807, 2.05) is 6.92 Å². The van der Waals surface area contributed by atoms with Crippen LogP contribution in [0.15, 0.2) is 47.3 Å². The molecule has 0 N–H and O–H groups in total. The van der Waals surface area contributed by atoms with Crippen molar-refractivity contribution in [2.45, 2.75) is 19.8 Å². The Bertz CT molecular complexity index is 947. The van der Waals surface area contributed by atoms with Crippen LogP contribution in [0.3, 0.4) is 0 Å². The van der Waals surface area contributed by atoms with Crippen LogP contribution in [0.1, 0.15) is 19.0 Å². The molecule has 0 aliphatic rings. The summed E-state index contributed by atoms with van der Waals surface area (Å²) in [6, 6.07) is 9.33. The minimum Gasteiger partial charge on any atom is -0.281 e. The maximum atomic E-state index is 14.1. The lowest BCUT2D eigenvalue weighted by atomic mass is 10.1. The summed E-state index contributed by atoms with van der Waals surface area (Å²) in [7, 11) is 0. The van der Waals surface area contributed by atoms with Gasteiger partial charge in [0.25, 0.3) is 5.56 Å². The van der Waals surface area contributed by atoms with Crippen LogP contribution in [-0.2, 0) is 6.42 Å². The van der Waals surface area contributed by atoms with Gasteiger partial charge in [0.15, 0.2) is 11.6 Å². The molecule has 0 fully saturated rings. The zero-order chi connectivity index (χ0) is 16.6. The molecule has 1 heterocycles. The summed E-state index contributed by atoms with van der Waals surface area (Å²) < 4.78 is 42.0. The largest absolute Gasteiger partial charge is 0.281 e. The van der Waals surface area contributed by atoms with E-state index < -0.39 is 23.0 Å². The molecule has 3 rings (SSSR count). The number of hydrogen-bond donors (Lipinski definition) is 0. The highest BCUT2D eigenvalue weighted by molar-refractivity contribution is 5.83. The Morgan fingerprint density at radius 2 is 1.74 bits per heavy atom. The van der Waals surface area contributed by atoms with Crippen molar-refractivity contribution in [3.05, 3.63) is 76.0 Å². The quantitative estimate of drug-likeness (QED) is 0.703. The van der Waals surface area contributed by atoms with Crippen LogP contribution < -0.4 is 5.56 Å². The number of fused-ring (bicyclic) bond motifs is 1. The lowest BCUT2D eigenvalue weighted by Gasteiger charge is -2.14. The Morgan fingerprint density at radius 1 is 0.957 bits per heavy atom. The first-order valence-corrected chi connectivity index (χ1v) is 7.31. The molecule has 0 atom stereocenters. The van der Waals surface area contributed by atoms with E-state index in [4.69, 9.17) is 0 Å². The number of aromatic nitrogens is 1. The minimum atomic E-state index is -1.05. The van der Waals surface area contributed by atoms with Crippen LogP contribution in [0, 0.1) is 17.5 Å². The summed E-state index contributed by atoms with van der Waals surface area (Å²) in [5.41, 5.74) is 0.235. The predicted molar refractivity (Wildman–Crippen MR) is 83.4 cm³/mol. The van der Waals surface area contributed by atoms with Gasteiger partial charge >= 0.3 is 0 Å². The van der Waals surface area contributed by atoms with Crippen LogP contribution in [0.2, 0.25) is 0 Å². The second-order valence-corrected chi connectivity index (χ2v) is 5.33. The van der Waals surface area contributed by atoms with E-state index >= 15 is 0 Å². The van der Waals surface area contributed by atoms with Crippen LogP contribution in [0.5, 0.6) is 0 Å². The van der Waals surface area contributed by atoms with Gasteiger partial charge in [-0.25, -0.2) is 13.2 Å². The van der Waals surface area contributed by atoms with Crippen molar-refractivity contribution in [3.63, 3.8) is 0 Å². The molecular formula is C18H14F3NO. The molecule has 3 aromatic rings.